The zero-order valence-corrected chi connectivity index (χ0v) is 11.2. The largest absolute Gasteiger partial charge is 0.413 e. The van der Waals surface area contributed by atoms with Gasteiger partial charge in [0.2, 0.25) is 0 Å². The average Bonchev–Trinajstić information content (AvgIpc) is 2.26. The number of rotatable bonds is 5. The third-order valence-electron chi connectivity index (χ3n) is 2.30. The van der Waals surface area contributed by atoms with Crippen LogP contribution in [-0.2, 0) is 14.7 Å². The molecule has 0 fully saturated rings. The Morgan fingerprint density at radius 1 is 1.26 bits per heavy atom. The third kappa shape index (κ3) is 5.58. The van der Waals surface area contributed by atoms with Gasteiger partial charge in [-0.05, 0) is 24.6 Å². The topological polar surface area (TPSA) is 55.4 Å². The van der Waals surface area contributed by atoms with Crippen LogP contribution in [0.3, 0.4) is 0 Å². The van der Waals surface area contributed by atoms with Crippen molar-refractivity contribution in [1.82, 2.24) is 5.48 Å². The molecule has 0 aliphatic rings. The first-order chi connectivity index (χ1) is 8.59. The Hall–Kier alpha value is -1.12. The second-order valence-electron chi connectivity index (χ2n) is 4.08. The van der Waals surface area contributed by atoms with E-state index in [-0.39, 0.29) is 4.90 Å². The van der Waals surface area contributed by atoms with E-state index in [9.17, 15) is 21.6 Å². The predicted molar refractivity (Wildman–Crippen MR) is 63.1 cm³/mol. The second kappa shape index (κ2) is 5.89. The van der Waals surface area contributed by atoms with Crippen molar-refractivity contribution >= 4 is 9.84 Å². The van der Waals surface area contributed by atoms with Crippen LogP contribution < -0.4 is 5.48 Å². The fourth-order valence-corrected chi connectivity index (χ4v) is 1.95. The fraction of sp³-hybridized carbons (Fsp3) is 0.455. The molecule has 1 aromatic rings. The summed E-state index contributed by atoms with van der Waals surface area (Å²) >= 11 is 0. The summed E-state index contributed by atoms with van der Waals surface area (Å²) in [6, 6.07) is 5.34. The fourth-order valence-electron chi connectivity index (χ4n) is 1.32. The maximum absolute atomic E-state index is 11.9. The van der Waals surface area contributed by atoms with E-state index >= 15 is 0 Å². The van der Waals surface area contributed by atoms with Crippen LogP contribution in [0.15, 0.2) is 29.2 Å². The van der Waals surface area contributed by atoms with Gasteiger partial charge in [-0.15, -0.1) is 0 Å². The monoisotopic (exact) mass is 297 g/mol. The first-order valence-electron chi connectivity index (χ1n) is 5.34. The van der Waals surface area contributed by atoms with Crippen LogP contribution in [0.1, 0.15) is 18.5 Å². The second-order valence-corrected chi connectivity index (χ2v) is 6.10. The Bertz CT molecular complexity index is 511. The minimum atomic E-state index is -4.40. The minimum absolute atomic E-state index is 0.152. The molecule has 8 heteroatoms. The lowest BCUT2D eigenvalue weighted by molar-refractivity contribution is -0.192. The van der Waals surface area contributed by atoms with Crippen LogP contribution in [0.4, 0.5) is 13.2 Å². The highest BCUT2D eigenvalue weighted by Crippen LogP contribution is 2.18. The molecule has 0 heterocycles. The summed E-state index contributed by atoms with van der Waals surface area (Å²) in [6.07, 6.45) is -3.32. The summed E-state index contributed by atoms with van der Waals surface area (Å²) in [5.41, 5.74) is 2.86. The van der Waals surface area contributed by atoms with Gasteiger partial charge in [0.15, 0.2) is 16.4 Å². The number of nitrogens with one attached hydrogen (secondary N) is 1. The van der Waals surface area contributed by atoms with Gasteiger partial charge >= 0.3 is 6.18 Å². The molecule has 1 rings (SSSR count). The van der Waals surface area contributed by atoms with Gasteiger partial charge in [0.05, 0.1) is 10.9 Å². The molecule has 108 valence electrons. The summed E-state index contributed by atoms with van der Waals surface area (Å²) in [5, 5.41) is 0. The number of benzene rings is 1. The van der Waals surface area contributed by atoms with Gasteiger partial charge < -0.3 is 0 Å². The van der Waals surface area contributed by atoms with E-state index in [4.69, 9.17) is 0 Å². The lowest BCUT2D eigenvalue weighted by atomic mass is 10.1. The molecule has 1 atom stereocenters. The number of hydrogen-bond acceptors (Lipinski definition) is 4. The summed E-state index contributed by atoms with van der Waals surface area (Å²) in [7, 11) is -3.28. The van der Waals surface area contributed by atoms with Crippen molar-refractivity contribution < 1.29 is 26.4 Å². The van der Waals surface area contributed by atoms with E-state index in [0.717, 1.165) is 6.26 Å². The van der Waals surface area contributed by atoms with Gasteiger partial charge in [0.1, 0.15) is 0 Å². The highest BCUT2D eigenvalue weighted by Gasteiger charge is 2.28. The highest BCUT2D eigenvalue weighted by molar-refractivity contribution is 7.90. The zero-order valence-electron chi connectivity index (χ0n) is 10.4. The van der Waals surface area contributed by atoms with Crippen molar-refractivity contribution in [1.29, 1.82) is 0 Å². The van der Waals surface area contributed by atoms with Crippen LogP contribution in [0.2, 0.25) is 0 Å². The molecule has 0 spiro atoms. The molecular formula is C11H14F3NO3S. The Kier molecular flexibility index (Phi) is 4.94. The summed E-state index contributed by atoms with van der Waals surface area (Å²) in [6.45, 7) is 0.213. The molecule has 0 aliphatic heterocycles. The molecule has 0 aliphatic carbocycles. The molecule has 0 aromatic heterocycles. The normalized spacial score (nSPS) is 14.4. The van der Waals surface area contributed by atoms with Crippen molar-refractivity contribution in [2.24, 2.45) is 0 Å². The first-order valence-corrected chi connectivity index (χ1v) is 7.23. The highest BCUT2D eigenvalue weighted by atomic mass is 32.2. The van der Waals surface area contributed by atoms with Crippen molar-refractivity contribution in [3.63, 3.8) is 0 Å². The summed E-state index contributed by atoms with van der Waals surface area (Å²) in [4.78, 5) is 4.47. The van der Waals surface area contributed by atoms with Gasteiger partial charge in [-0.2, -0.15) is 18.7 Å². The van der Waals surface area contributed by atoms with Crippen LogP contribution >= 0.6 is 0 Å². The van der Waals surface area contributed by atoms with Crippen LogP contribution in [0, 0.1) is 0 Å². The maximum Gasteiger partial charge on any atom is 0.413 e. The van der Waals surface area contributed by atoms with E-state index in [0.29, 0.717) is 5.56 Å². The number of halogens is 3. The molecule has 0 amide bonds. The van der Waals surface area contributed by atoms with Crippen LogP contribution in [0.5, 0.6) is 0 Å². The molecule has 0 radical (unpaired) electrons. The van der Waals surface area contributed by atoms with E-state index in [2.05, 4.69) is 10.3 Å². The molecule has 19 heavy (non-hydrogen) atoms. The van der Waals surface area contributed by atoms with Crippen molar-refractivity contribution in [2.45, 2.75) is 24.0 Å². The molecular weight excluding hydrogens is 283 g/mol. The van der Waals surface area contributed by atoms with Gasteiger partial charge in [-0.25, -0.2) is 8.42 Å². The van der Waals surface area contributed by atoms with Crippen molar-refractivity contribution in [3.05, 3.63) is 29.8 Å². The number of hydroxylamine groups is 1. The summed E-state index contributed by atoms with van der Waals surface area (Å²) in [5.74, 6) is 0. The molecule has 4 nitrogen and oxygen atoms in total. The molecule has 0 bridgehead atoms. The maximum atomic E-state index is 11.9. The van der Waals surface area contributed by atoms with Gasteiger partial charge in [0.25, 0.3) is 0 Å². The van der Waals surface area contributed by atoms with Crippen molar-refractivity contribution in [2.75, 3.05) is 12.9 Å². The van der Waals surface area contributed by atoms with Crippen molar-refractivity contribution in [3.8, 4) is 0 Å². The first kappa shape index (κ1) is 15.9. The smallest absolute Gasteiger partial charge is 0.292 e. The van der Waals surface area contributed by atoms with E-state index in [1.165, 1.54) is 24.3 Å². The quantitative estimate of drug-likeness (QED) is 0.847. The minimum Gasteiger partial charge on any atom is -0.292 e. The van der Waals surface area contributed by atoms with E-state index in [1.54, 1.807) is 6.92 Å². The SMILES string of the molecule is CC(NOCC(F)(F)F)c1ccc(S(C)(=O)=O)cc1. The molecule has 1 unspecified atom stereocenters. The number of hydrogen-bond donors (Lipinski definition) is 1. The van der Waals surface area contributed by atoms with Gasteiger partial charge in [-0.3, -0.25) is 4.84 Å². The lowest BCUT2D eigenvalue weighted by Gasteiger charge is -2.15. The third-order valence-corrected chi connectivity index (χ3v) is 3.43. The Morgan fingerprint density at radius 2 is 1.79 bits per heavy atom. The Balaban J connectivity index is 2.61. The van der Waals surface area contributed by atoms with Gasteiger partial charge in [-0.1, -0.05) is 12.1 Å². The Labute approximate surface area is 109 Å². The lowest BCUT2D eigenvalue weighted by Crippen LogP contribution is -2.26. The van der Waals surface area contributed by atoms with Crippen LogP contribution in [0.25, 0.3) is 0 Å². The molecule has 1 N–H and O–H groups in total. The average molecular weight is 297 g/mol. The summed E-state index contributed by atoms with van der Waals surface area (Å²) < 4.78 is 58.0. The number of sulfone groups is 1. The predicted octanol–water partition coefficient (Wildman–Crippen LogP) is 2.23. The van der Waals surface area contributed by atoms with Gasteiger partial charge in [0, 0.05) is 6.26 Å². The molecule has 0 saturated carbocycles. The van der Waals surface area contributed by atoms with E-state index < -0.39 is 28.7 Å². The molecule has 0 saturated heterocycles. The van der Waals surface area contributed by atoms with Crippen LogP contribution in [-0.4, -0.2) is 27.5 Å². The zero-order chi connectivity index (χ0) is 14.7. The number of alkyl halides is 3. The van der Waals surface area contributed by atoms with E-state index in [1.807, 2.05) is 0 Å². The molecule has 1 aromatic carbocycles. The standard InChI is InChI=1S/C11H14F3NO3S/c1-8(15-18-7-11(12,13)14)9-3-5-10(6-4-9)19(2,16)17/h3-6,8,15H,7H2,1-2H3. The Morgan fingerprint density at radius 3 is 2.21 bits per heavy atom.